The highest BCUT2D eigenvalue weighted by atomic mass is 16.6. The van der Waals surface area contributed by atoms with Crippen molar-refractivity contribution >= 4 is 17.6 Å². The van der Waals surface area contributed by atoms with Gasteiger partial charge in [0.05, 0.1) is 11.9 Å². The maximum absolute atomic E-state index is 12.1. The minimum absolute atomic E-state index is 0.236. The van der Waals surface area contributed by atoms with Crippen LogP contribution in [0.5, 0.6) is 0 Å². The number of aromatic nitrogens is 1. The molecule has 116 valence electrons. The van der Waals surface area contributed by atoms with Gasteiger partial charge in [0.1, 0.15) is 11.4 Å². The van der Waals surface area contributed by atoms with Crippen LogP contribution in [-0.2, 0) is 4.74 Å². The van der Waals surface area contributed by atoms with Crippen LogP contribution in [-0.4, -0.2) is 47.8 Å². The molecule has 6 nitrogen and oxygen atoms in total. The number of nitrogen functional groups attached to an aromatic ring is 1. The SMILES string of the molecule is CC(C)(C)OC(=O)N1CCCN(c2ccc(N)nc2)CC1. The van der Waals surface area contributed by atoms with Gasteiger partial charge in [-0.15, -0.1) is 0 Å². The van der Waals surface area contributed by atoms with Crippen molar-refractivity contribution in [3.8, 4) is 0 Å². The van der Waals surface area contributed by atoms with Crippen LogP contribution in [0.15, 0.2) is 18.3 Å². The average Bonchev–Trinajstić information content (AvgIpc) is 2.63. The minimum Gasteiger partial charge on any atom is -0.444 e. The molecular formula is C15H24N4O2. The second kappa shape index (κ2) is 6.20. The van der Waals surface area contributed by atoms with Crippen molar-refractivity contribution in [2.45, 2.75) is 32.8 Å². The van der Waals surface area contributed by atoms with E-state index in [1.807, 2.05) is 26.8 Å². The van der Waals surface area contributed by atoms with E-state index in [1.54, 1.807) is 17.2 Å². The Morgan fingerprint density at radius 3 is 2.62 bits per heavy atom. The third-order valence-electron chi connectivity index (χ3n) is 3.28. The lowest BCUT2D eigenvalue weighted by Crippen LogP contribution is -2.39. The monoisotopic (exact) mass is 292 g/mol. The van der Waals surface area contributed by atoms with Gasteiger partial charge in [0, 0.05) is 26.2 Å². The van der Waals surface area contributed by atoms with Gasteiger partial charge in [0.2, 0.25) is 0 Å². The maximum Gasteiger partial charge on any atom is 0.410 e. The van der Waals surface area contributed by atoms with Crippen LogP contribution in [0.1, 0.15) is 27.2 Å². The number of nitrogens with zero attached hydrogens (tertiary/aromatic N) is 3. The lowest BCUT2D eigenvalue weighted by atomic mass is 10.2. The average molecular weight is 292 g/mol. The summed E-state index contributed by atoms with van der Waals surface area (Å²) < 4.78 is 5.43. The molecule has 1 aliphatic heterocycles. The smallest absolute Gasteiger partial charge is 0.410 e. The normalized spacial score (nSPS) is 16.5. The van der Waals surface area contributed by atoms with E-state index in [1.165, 1.54) is 0 Å². The summed E-state index contributed by atoms with van der Waals surface area (Å²) in [6, 6.07) is 3.76. The third-order valence-corrected chi connectivity index (χ3v) is 3.28. The molecule has 1 aliphatic rings. The fraction of sp³-hybridized carbons (Fsp3) is 0.600. The molecule has 6 heteroatoms. The van der Waals surface area contributed by atoms with Gasteiger partial charge in [-0.3, -0.25) is 0 Å². The molecule has 1 fully saturated rings. The number of anilines is 2. The first-order chi connectivity index (χ1) is 9.85. The Kier molecular flexibility index (Phi) is 4.55. The molecule has 2 heterocycles. The van der Waals surface area contributed by atoms with E-state index in [0.29, 0.717) is 18.9 Å². The van der Waals surface area contributed by atoms with E-state index in [-0.39, 0.29) is 6.09 Å². The summed E-state index contributed by atoms with van der Waals surface area (Å²) in [5.74, 6) is 0.518. The molecule has 0 aliphatic carbocycles. The topological polar surface area (TPSA) is 71.7 Å². The Morgan fingerprint density at radius 1 is 1.24 bits per heavy atom. The third kappa shape index (κ3) is 4.51. The van der Waals surface area contributed by atoms with Crippen LogP contribution in [0.2, 0.25) is 0 Å². The summed E-state index contributed by atoms with van der Waals surface area (Å²) in [6.07, 6.45) is 2.45. The van der Waals surface area contributed by atoms with Gasteiger partial charge in [-0.2, -0.15) is 0 Å². The molecule has 0 saturated carbocycles. The second-order valence-corrected chi connectivity index (χ2v) is 6.25. The number of ether oxygens (including phenoxy) is 1. The van der Waals surface area contributed by atoms with E-state index in [2.05, 4.69) is 9.88 Å². The quantitative estimate of drug-likeness (QED) is 0.858. The Balaban J connectivity index is 1.95. The first-order valence-corrected chi connectivity index (χ1v) is 7.29. The molecule has 21 heavy (non-hydrogen) atoms. The molecule has 1 amide bonds. The zero-order chi connectivity index (χ0) is 15.5. The number of rotatable bonds is 1. The fourth-order valence-corrected chi connectivity index (χ4v) is 2.27. The van der Waals surface area contributed by atoms with Gasteiger partial charge >= 0.3 is 6.09 Å². The van der Waals surface area contributed by atoms with Crippen molar-refractivity contribution in [1.29, 1.82) is 0 Å². The summed E-state index contributed by atoms with van der Waals surface area (Å²) >= 11 is 0. The summed E-state index contributed by atoms with van der Waals surface area (Å²) in [6.45, 7) is 8.68. The Hall–Kier alpha value is -1.98. The molecule has 1 aromatic rings. The van der Waals surface area contributed by atoms with Crippen LogP contribution in [0.4, 0.5) is 16.3 Å². The van der Waals surface area contributed by atoms with Gasteiger partial charge in [-0.05, 0) is 39.3 Å². The van der Waals surface area contributed by atoms with Crippen molar-refractivity contribution in [1.82, 2.24) is 9.88 Å². The highest BCUT2D eigenvalue weighted by Crippen LogP contribution is 2.17. The predicted molar refractivity (Wildman–Crippen MR) is 83.3 cm³/mol. The van der Waals surface area contributed by atoms with Gasteiger partial charge in [0.15, 0.2) is 0 Å². The Bertz CT molecular complexity index is 481. The molecule has 0 spiro atoms. The zero-order valence-electron chi connectivity index (χ0n) is 13.0. The predicted octanol–water partition coefficient (Wildman–Crippen LogP) is 2.11. The number of amides is 1. The van der Waals surface area contributed by atoms with Crippen LogP contribution >= 0.6 is 0 Å². The van der Waals surface area contributed by atoms with E-state index in [4.69, 9.17) is 10.5 Å². The van der Waals surface area contributed by atoms with E-state index in [9.17, 15) is 4.79 Å². The zero-order valence-corrected chi connectivity index (χ0v) is 13.0. The molecule has 0 unspecified atom stereocenters. The number of pyridine rings is 1. The van der Waals surface area contributed by atoms with E-state index >= 15 is 0 Å². The van der Waals surface area contributed by atoms with Crippen LogP contribution < -0.4 is 10.6 Å². The maximum atomic E-state index is 12.1. The Morgan fingerprint density at radius 2 is 2.00 bits per heavy atom. The molecule has 1 aromatic heterocycles. The molecule has 0 bridgehead atoms. The fourth-order valence-electron chi connectivity index (χ4n) is 2.27. The standard InChI is InChI=1S/C15H24N4O2/c1-15(2,3)21-14(20)19-8-4-7-18(9-10-19)12-5-6-13(16)17-11-12/h5-6,11H,4,7-10H2,1-3H3,(H2,16,17). The van der Waals surface area contributed by atoms with Crippen molar-refractivity contribution < 1.29 is 9.53 Å². The summed E-state index contributed by atoms with van der Waals surface area (Å²) in [5.41, 5.74) is 6.19. The van der Waals surface area contributed by atoms with Gasteiger partial charge in [-0.1, -0.05) is 0 Å². The Labute approximate surface area is 125 Å². The summed E-state index contributed by atoms with van der Waals surface area (Å²) in [4.78, 5) is 20.2. The lowest BCUT2D eigenvalue weighted by molar-refractivity contribution is 0.0263. The van der Waals surface area contributed by atoms with Crippen molar-refractivity contribution in [2.75, 3.05) is 36.8 Å². The van der Waals surface area contributed by atoms with Crippen molar-refractivity contribution in [3.05, 3.63) is 18.3 Å². The number of hydrogen-bond acceptors (Lipinski definition) is 5. The molecule has 0 radical (unpaired) electrons. The van der Waals surface area contributed by atoms with Crippen LogP contribution in [0.3, 0.4) is 0 Å². The molecule has 1 saturated heterocycles. The minimum atomic E-state index is -0.454. The summed E-state index contributed by atoms with van der Waals surface area (Å²) in [7, 11) is 0. The van der Waals surface area contributed by atoms with Gasteiger partial charge < -0.3 is 20.3 Å². The van der Waals surface area contributed by atoms with Crippen LogP contribution in [0, 0.1) is 0 Å². The lowest BCUT2D eigenvalue weighted by Gasteiger charge is -2.26. The number of carbonyl (C=O) groups is 1. The molecule has 0 aromatic carbocycles. The summed E-state index contributed by atoms with van der Waals surface area (Å²) in [5, 5.41) is 0. The van der Waals surface area contributed by atoms with Gasteiger partial charge in [0.25, 0.3) is 0 Å². The first kappa shape index (κ1) is 15.4. The molecular weight excluding hydrogens is 268 g/mol. The highest BCUT2D eigenvalue weighted by molar-refractivity contribution is 5.68. The number of carbonyl (C=O) groups excluding carboxylic acids is 1. The molecule has 0 atom stereocenters. The van der Waals surface area contributed by atoms with E-state index in [0.717, 1.165) is 25.2 Å². The van der Waals surface area contributed by atoms with Crippen molar-refractivity contribution in [3.63, 3.8) is 0 Å². The van der Waals surface area contributed by atoms with Crippen molar-refractivity contribution in [2.24, 2.45) is 0 Å². The highest BCUT2D eigenvalue weighted by Gasteiger charge is 2.24. The second-order valence-electron chi connectivity index (χ2n) is 6.25. The van der Waals surface area contributed by atoms with E-state index < -0.39 is 5.60 Å². The van der Waals surface area contributed by atoms with Crippen LogP contribution in [0.25, 0.3) is 0 Å². The largest absolute Gasteiger partial charge is 0.444 e. The number of hydrogen-bond donors (Lipinski definition) is 1. The molecule has 2 rings (SSSR count). The van der Waals surface area contributed by atoms with Gasteiger partial charge in [-0.25, -0.2) is 9.78 Å². The number of nitrogens with two attached hydrogens (primary N) is 1. The molecule has 2 N–H and O–H groups in total. The first-order valence-electron chi connectivity index (χ1n) is 7.29.